The number of nitrogens with two attached hydrogens (primary N) is 1. The molecule has 0 spiro atoms. The fourth-order valence-electron chi connectivity index (χ4n) is 1.56. The number of anilines is 1. The van der Waals surface area contributed by atoms with Gasteiger partial charge in [-0.25, -0.2) is 9.97 Å². The summed E-state index contributed by atoms with van der Waals surface area (Å²) in [6.45, 7) is 2.21. The molecular weight excluding hydrogens is 250 g/mol. The van der Waals surface area contributed by atoms with Gasteiger partial charge in [-0.1, -0.05) is 6.92 Å². The number of nitrogens with zero attached hydrogens (tertiary/aromatic N) is 4. The summed E-state index contributed by atoms with van der Waals surface area (Å²) in [6.07, 6.45) is 1.68. The highest BCUT2D eigenvalue weighted by Gasteiger charge is 2.09. The van der Waals surface area contributed by atoms with Crippen LogP contribution in [0, 0.1) is 5.92 Å². The van der Waals surface area contributed by atoms with E-state index in [1.807, 2.05) is 14.0 Å². The van der Waals surface area contributed by atoms with E-state index in [4.69, 9.17) is 10.8 Å². The number of fused-ring (bicyclic) bond motifs is 1. The summed E-state index contributed by atoms with van der Waals surface area (Å²) in [4.78, 5) is 8.71. The summed E-state index contributed by atoms with van der Waals surface area (Å²) in [7, 11) is 1.83. The first-order valence-corrected chi connectivity index (χ1v) is 6.90. The first-order chi connectivity index (χ1) is 8.61. The molecule has 0 saturated heterocycles. The second-order valence-corrected chi connectivity index (χ2v) is 5.36. The van der Waals surface area contributed by atoms with Gasteiger partial charge in [0.1, 0.15) is 11.6 Å². The Labute approximate surface area is 110 Å². The molecular formula is C11H17N5OS. The van der Waals surface area contributed by atoms with E-state index < -0.39 is 0 Å². The van der Waals surface area contributed by atoms with Crippen LogP contribution in [0.4, 0.5) is 5.82 Å². The molecule has 1 unspecified atom stereocenters. The summed E-state index contributed by atoms with van der Waals surface area (Å²) in [5.74, 6) is 3.03. The van der Waals surface area contributed by atoms with Crippen molar-refractivity contribution >= 4 is 28.6 Å². The fourth-order valence-corrected chi connectivity index (χ4v) is 2.50. The second-order valence-electron chi connectivity index (χ2n) is 4.33. The SMILES string of the molecule is CC(CO)CSCc1nc(N)c2cnn(C)c2n1. The maximum atomic E-state index is 8.95. The first-order valence-electron chi connectivity index (χ1n) is 5.74. The van der Waals surface area contributed by atoms with Gasteiger partial charge in [0.05, 0.1) is 17.3 Å². The quantitative estimate of drug-likeness (QED) is 0.833. The van der Waals surface area contributed by atoms with Crippen molar-refractivity contribution in [2.24, 2.45) is 13.0 Å². The Morgan fingerprint density at radius 3 is 3.00 bits per heavy atom. The largest absolute Gasteiger partial charge is 0.396 e. The number of aromatic nitrogens is 4. The Morgan fingerprint density at radius 2 is 2.28 bits per heavy atom. The van der Waals surface area contributed by atoms with Crippen LogP contribution in [0.1, 0.15) is 12.7 Å². The monoisotopic (exact) mass is 267 g/mol. The van der Waals surface area contributed by atoms with Crippen molar-refractivity contribution in [1.29, 1.82) is 0 Å². The molecule has 2 aromatic rings. The molecule has 0 amide bonds. The minimum atomic E-state index is 0.205. The number of hydrogen-bond acceptors (Lipinski definition) is 6. The molecule has 6 nitrogen and oxygen atoms in total. The minimum absolute atomic E-state index is 0.205. The molecule has 0 fully saturated rings. The van der Waals surface area contributed by atoms with Gasteiger partial charge in [-0.05, 0) is 11.7 Å². The van der Waals surface area contributed by atoms with Crippen LogP contribution in [-0.2, 0) is 12.8 Å². The molecule has 0 aliphatic carbocycles. The van der Waals surface area contributed by atoms with Crippen LogP contribution in [-0.4, -0.2) is 37.2 Å². The third-order valence-corrected chi connectivity index (χ3v) is 3.88. The molecule has 2 rings (SSSR count). The van der Waals surface area contributed by atoms with E-state index in [1.165, 1.54) is 0 Å². The Balaban J connectivity index is 2.11. The van der Waals surface area contributed by atoms with Gasteiger partial charge in [-0.2, -0.15) is 16.9 Å². The van der Waals surface area contributed by atoms with Crippen LogP contribution in [0.5, 0.6) is 0 Å². The van der Waals surface area contributed by atoms with Crippen molar-refractivity contribution in [2.45, 2.75) is 12.7 Å². The van der Waals surface area contributed by atoms with Crippen molar-refractivity contribution < 1.29 is 5.11 Å². The van der Waals surface area contributed by atoms with E-state index in [1.54, 1.807) is 22.6 Å². The van der Waals surface area contributed by atoms with Gasteiger partial charge < -0.3 is 10.8 Å². The lowest BCUT2D eigenvalue weighted by atomic mass is 10.2. The lowest BCUT2D eigenvalue weighted by Crippen LogP contribution is -2.05. The van der Waals surface area contributed by atoms with Crippen molar-refractivity contribution in [2.75, 3.05) is 18.1 Å². The molecule has 18 heavy (non-hydrogen) atoms. The topological polar surface area (TPSA) is 89.9 Å². The standard InChI is InChI=1S/C11H17N5OS/c1-7(4-17)5-18-6-9-14-10(12)8-3-13-16(2)11(8)15-9/h3,7,17H,4-6H2,1-2H3,(H2,12,14,15). The Kier molecular flexibility index (Phi) is 4.03. The summed E-state index contributed by atoms with van der Waals surface area (Å²) < 4.78 is 1.69. The number of aliphatic hydroxyl groups excluding tert-OH is 1. The fraction of sp³-hybridized carbons (Fsp3) is 0.545. The maximum Gasteiger partial charge on any atom is 0.163 e. The zero-order chi connectivity index (χ0) is 13.1. The molecule has 0 aromatic carbocycles. The zero-order valence-electron chi connectivity index (χ0n) is 10.5. The highest BCUT2D eigenvalue weighted by molar-refractivity contribution is 7.98. The number of hydrogen-bond donors (Lipinski definition) is 2. The molecule has 0 aliphatic heterocycles. The number of rotatable bonds is 5. The van der Waals surface area contributed by atoms with Crippen LogP contribution in [0.3, 0.4) is 0 Å². The molecule has 3 N–H and O–H groups in total. The third kappa shape index (κ3) is 2.73. The average Bonchev–Trinajstić information content (AvgIpc) is 2.72. The first kappa shape index (κ1) is 13.1. The van der Waals surface area contributed by atoms with E-state index in [2.05, 4.69) is 15.1 Å². The number of thioether (sulfide) groups is 1. The van der Waals surface area contributed by atoms with E-state index in [9.17, 15) is 0 Å². The van der Waals surface area contributed by atoms with E-state index in [-0.39, 0.29) is 12.5 Å². The Morgan fingerprint density at radius 1 is 1.50 bits per heavy atom. The van der Waals surface area contributed by atoms with Crippen molar-refractivity contribution in [1.82, 2.24) is 19.7 Å². The van der Waals surface area contributed by atoms with Gasteiger partial charge in [0.15, 0.2) is 5.65 Å². The van der Waals surface area contributed by atoms with Crippen LogP contribution in [0.2, 0.25) is 0 Å². The number of nitrogen functional groups attached to an aromatic ring is 1. The van der Waals surface area contributed by atoms with Gasteiger partial charge in [-0.15, -0.1) is 0 Å². The smallest absolute Gasteiger partial charge is 0.163 e. The van der Waals surface area contributed by atoms with E-state index in [0.717, 1.165) is 16.8 Å². The Bertz CT molecular complexity index is 541. The Hall–Kier alpha value is -1.34. The molecule has 7 heteroatoms. The molecule has 0 bridgehead atoms. The van der Waals surface area contributed by atoms with Crippen molar-refractivity contribution in [3.8, 4) is 0 Å². The lowest BCUT2D eigenvalue weighted by molar-refractivity contribution is 0.250. The third-order valence-electron chi connectivity index (χ3n) is 2.61. The predicted molar refractivity (Wildman–Crippen MR) is 73.1 cm³/mol. The van der Waals surface area contributed by atoms with Crippen molar-refractivity contribution in [3.63, 3.8) is 0 Å². The van der Waals surface area contributed by atoms with E-state index >= 15 is 0 Å². The molecule has 2 heterocycles. The molecule has 0 aliphatic rings. The van der Waals surface area contributed by atoms with Crippen LogP contribution < -0.4 is 5.73 Å². The van der Waals surface area contributed by atoms with Crippen LogP contribution in [0.15, 0.2) is 6.20 Å². The summed E-state index contributed by atoms with van der Waals surface area (Å²) >= 11 is 1.69. The molecule has 0 radical (unpaired) electrons. The molecule has 98 valence electrons. The number of aryl methyl sites for hydroxylation is 1. The average molecular weight is 267 g/mol. The minimum Gasteiger partial charge on any atom is -0.396 e. The second kappa shape index (κ2) is 5.53. The van der Waals surface area contributed by atoms with Gasteiger partial charge in [-0.3, -0.25) is 4.68 Å². The van der Waals surface area contributed by atoms with Crippen LogP contribution >= 0.6 is 11.8 Å². The predicted octanol–water partition coefficient (Wildman–Crippen LogP) is 0.807. The molecule has 1 atom stereocenters. The molecule has 0 saturated carbocycles. The highest BCUT2D eigenvalue weighted by atomic mass is 32.2. The molecule has 2 aromatic heterocycles. The van der Waals surface area contributed by atoms with Crippen molar-refractivity contribution in [3.05, 3.63) is 12.0 Å². The zero-order valence-corrected chi connectivity index (χ0v) is 11.3. The number of aliphatic hydroxyl groups is 1. The van der Waals surface area contributed by atoms with Gasteiger partial charge >= 0.3 is 0 Å². The van der Waals surface area contributed by atoms with Gasteiger partial charge in [0, 0.05) is 13.7 Å². The lowest BCUT2D eigenvalue weighted by Gasteiger charge is -2.07. The van der Waals surface area contributed by atoms with E-state index in [0.29, 0.717) is 17.4 Å². The summed E-state index contributed by atoms with van der Waals surface area (Å²) in [6, 6.07) is 0. The van der Waals surface area contributed by atoms with Gasteiger partial charge in [0.25, 0.3) is 0 Å². The maximum absolute atomic E-state index is 8.95. The normalized spacial score (nSPS) is 13.1. The van der Waals surface area contributed by atoms with Crippen LogP contribution in [0.25, 0.3) is 11.0 Å². The summed E-state index contributed by atoms with van der Waals surface area (Å²) in [5.41, 5.74) is 6.63. The summed E-state index contributed by atoms with van der Waals surface area (Å²) in [5, 5.41) is 13.9. The van der Waals surface area contributed by atoms with Gasteiger partial charge in [0.2, 0.25) is 0 Å². The highest BCUT2D eigenvalue weighted by Crippen LogP contribution is 2.19.